The van der Waals surface area contributed by atoms with Crippen LogP contribution in [-0.2, 0) is 19.4 Å². The lowest BCUT2D eigenvalue weighted by Crippen LogP contribution is -2.54. The maximum Gasteiger partial charge on any atom is 0.270 e. The zero-order valence-corrected chi connectivity index (χ0v) is 20.8. The van der Waals surface area contributed by atoms with E-state index in [-0.39, 0.29) is 15.6 Å². The molecule has 4 rings (SSSR count). The van der Waals surface area contributed by atoms with Crippen molar-refractivity contribution in [1.82, 2.24) is 5.32 Å². The minimum absolute atomic E-state index is 0.0177. The van der Waals surface area contributed by atoms with Crippen molar-refractivity contribution in [3.8, 4) is 6.07 Å². The Balaban J connectivity index is 1.62. The normalized spacial score (nSPS) is 15.6. The first-order valence-electron chi connectivity index (χ1n) is 10.4. The summed E-state index contributed by atoms with van der Waals surface area (Å²) in [6.45, 7) is 0. The quantitative estimate of drug-likeness (QED) is 0.224. The molecule has 0 radical (unpaired) electrons. The van der Waals surface area contributed by atoms with Crippen LogP contribution in [-0.4, -0.2) is 25.3 Å². The molecule has 0 saturated carbocycles. The number of thiocarbonyl (C=S) groups is 1. The number of nitrogens with zero attached hydrogens (tertiary/aromatic N) is 2. The highest BCUT2D eigenvalue weighted by Gasteiger charge is 2.34. The van der Waals surface area contributed by atoms with E-state index >= 15 is 0 Å². The summed E-state index contributed by atoms with van der Waals surface area (Å²) in [6, 6.07) is 22.2. The number of hydrogen-bond acceptors (Lipinski definition) is 6. The first-order chi connectivity index (χ1) is 17.2. The number of rotatable bonds is 5. The van der Waals surface area contributed by atoms with Crippen LogP contribution in [0.5, 0.6) is 0 Å². The number of allylic oxidation sites excluding steroid dienone is 1. The Labute approximate surface area is 217 Å². The maximum atomic E-state index is 13.1. The van der Waals surface area contributed by atoms with Crippen molar-refractivity contribution >= 4 is 68.4 Å². The van der Waals surface area contributed by atoms with Crippen LogP contribution in [0.3, 0.4) is 0 Å². The van der Waals surface area contributed by atoms with Gasteiger partial charge in [-0.15, -0.1) is 0 Å². The van der Waals surface area contributed by atoms with Crippen LogP contribution in [0.2, 0.25) is 5.02 Å². The van der Waals surface area contributed by atoms with Crippen molar-refractivity contribution in [2.75, 3.05) is 4.90 Å². The number of benzene rings is 3. The van der Waals surface area contributed by atoms with E-state index in [0.717, 1.165) is 0 Å². The van der Waals surface area contributed by atoms with Crippen LogP contribution in [0.4, 0.5) is 5.69 Å². The zero-order valence-electron chi connectivity index (χ0n) is 18.4. The number of amides is 2. The third-order valence-corrected chi connectivity index (χ3v) is 7.40. The summed E-state index contributed by atoms with van der Waals surface area (Å²) in [5.74, 6) is -1.24. The first kappa shape index (κ1) is 25.0. The van der Waals surface area contributed by atoms with Crippen molar-refractivity contribution in [3.63, 3.8) is 0 Å². The molecule has 178 valence electrons. The molecule has 7 nitrogen and oxygen atoms in total. The molecule has 3 aromatic carbocycles. The second kappa shape index (κ2) is 10.3. The number of nitrogens with one attached hydrogen (secondary N) is 1. The molecule has 0 bridgehead atoms. The summed E-state index contributed by atoms with van der Waals surface area (Å²) < 4.78 is 25.5. The Morgan fingerprint density at radius 3 is 2.17 bits per heavy atom. The van der Waals surface area contributed by atoms with Crippen LogP contribution in [0.15, 0.2) is 94.2 Å². The molecule has 0 spiro atoms. The molecule has 1 fully saturated rings. The smallest absolute Gasteiger partial charge is 0.270 e. The fourth-order valence-electron chi connectivity index (χ4n) is 3.39. The van der Waals surface area contributed by atoms with Gasteiger partial charge in [-0.2, -0.15) is 5.26 Å². The van der Waals surface area contributed by atoms with E-state index in [1.54, 1.807) is 72.8 Å². The Morgan fingerprint density at radius 2 is 1.56 bits per heavy atom. The third-order valence-electron chi connectivity index (χ3n) is 5.18. The van der Waals surface area contributed by atoms with Crippen molar-refractivity contribution in [3.05, 3.63) is 105 Å². The summed E-state index contributed by atoms with van der Waals surface area (Å²) in [7, 11) is -3.97. The lowest BCUT2D eigenvalue weighted by atomic mass is 10.1. The predicted octanol–water partition coefficient (Wildman–Crippen LogP) is 4.51. The number of carbonyl (C=O) groups excluding carboxylic acids is 2. The third kappa shape index (κ3) is 5.11. The van der Waals surface area contributed by atoms with Gasteiger partial charge in [0, 0.05) is 5.02 Å². The van der Waals surface area contributed by atoms with E-state index in [4.69, 9.17) is 23.8 Å². The second-order valence-electron chi connectivity index (χ2n) is 7.54. The molecule has 0 aromatic heterocycles. The van der Waals surface area contributed by atoms with Gasteiger partial charge in [0.2, 0.25) is 9.84 Å². The topological polar surface area (TPSA) is 107 Å². The van der Waals surface area contributed by atoms with Gasteiger partial charge < -0.3 is 0 Å². The number of sulfone groups is 1. The van der Waals surface area contributed by atoms with E-state index < -0.39 is 26.6 Å². The van der Waals surface area contributed by atoms with Crippen LogP contribution in [0, 0.1) is 11.3 Å². The van der Waals surface area contributed by atoms with Crippen molar-refractivity contribution in [2.45, 2.75) is 4.90 Å². The van der Waals surface area contributed by atoms with E-state index in [0.29, 0.717) is 21.8 Å². The summed E-state index contributed by atoms with van der Waals surface area (Å²) in [4.78, 5) is 26.4. The summed E-state index contributed by atoms with van der Waals surface area (Å²) in [6.07, 6.45) is 2.67. The van der Waals surface area contributed by atoms with E-state index in [1.165, 1.54) is 29.2 Å². The second-order valence-corrected chi connectivity index (χ2v) is 10.3. The number of halogens is 1. The van der Waals surface area contributed by atoms with Gasteiger partial charge in [-0.3, -0.25) is 19.8 Å². The Kier molecular flexibility index (Phi) is 7.12. The SMILES string of the molecule is N#C/C(=C\c1ccc(/C=C2\C(=O)NC(=S)N(c3ccc(Cl)cc3)C2=O)cc1)S(=O)(=O)c1ccccc1. The Bertz CT molecular complexity index is 1570. The van der Waals surface area contributed by atoms with E-state index in [1.807, 2.05) is 0 Å². The summed E-state index contributed by atoms with van der Waals surface area (Å²) in [5, 5.41) is 12.4. The van der Waals surface area contributed by atoms with Gasteiger partial charge in [-0.25, -0.2) is 8.42 Å². The van der Waals surface area contributed by atoms with E-state index in [9.17, 15) is 23.3 Å². The molecule has 1 aliphatic rings. The molecule has 0 aliphatic carbocycles. The van der Waals surface area contributed by atoms with Gasteiger partial charge in [-0.1, -0.05) is 54.1 Å². The molecule has 10 heteroatoms. The van der Waals surface area contributed by atoms with Crippen molar-refractivity contribution in [2.24, 2.45) is 0 Å². The maximum absolute atomic E-state index is 13.1. The first-order valence-corrected chi connectivity index (χ1v) is 12.7. The molecule has 36 heavy (non-hydrogen) atoms. The summed E-state index contributed by atoms with van der Waals surface area (Å²) >= 11 is 11.1. The average molecular weight is 534 g/mol. The van der Waals surface area contributed by atoms with Crippen molar-refractivity contribution in [1.29, 1.82) is 5.26 Å². The van der Waals surface area contributed by atoms with Crippen LogP contribution >= 0.6 is 23.8 Å². The Hall–Kier alpha value is -4.10. The van der Waals surface area contributed by atoms with Gasteiger partial charge in [0.15, 0.2) is 5.11 Å². The molecule has 1 saturated heterocycles. The summed E-state index contributed by atoms with van der Waals surface area (Å²) in [5.41, 5.74) is 1.28. The van der Waals surface area contributed by atoms with E-state index in [2.05, 4.69) is 5.32 Å². The lowest BCUT2D eigenvalue weighted by molar-refractivity contribution is -0.122. The molecule has 2 amide bonds. The molecular weight excluding hydrogens is 518 g/mol. The lowest BCUT2D eigenvalue weighted by Gasteiger charge is -2.28. The molecule has 1 aliphatic heterocycles. The molecule has 0 atom stereocenters. The molecule has 3 aromatic rings. The van der Waals surface area contributed by atoms with Crippen LogP contribution < -0.4 is 10.2 Å². The fraction of sp³-hybridized carbons (Fsp3) is 0. The van der Waals surface area contributed by atoms with Crippen molar-refractivity contribution < 1.29 is 18.0 Å². The Morgan fingerprint density at radius 1 is 0.944 bits per heavy atom. The van der Waals surface area contributed by atoms with Gasteiger partial charge in [0.05, 0.1) is 10.6 Å². The fourth-order valence-corrected chi connectivity index (χ4v) is 4.97. The highest BCUT2D eigenvalue weighted by atomic mass is 35.5. The molecule has 0 unspecified atom stereocenters. The van der Waals surface area contributed by atoms with Gasteiger partial charge >= 0.3 is 0 Å². The number of nitriles is 1. The minimum atomic E-state index is -3.97. The standard InChI is InChI=1S/C26H16ClN3O4S2/c27-19-10-12-20(13-11-19)30-25(32)23(24(31)29-26(30)35)15-18-8-6-17(7-9-18)14-22(16-28)36(33,34)21-4-2-1-3-5-21/h1-15H,(H,29,31,35)/b22-14+,23-15+. The minimum Gasteiger partial charge on any atom is -0.298 e. The highest BCUT2D eigenvalue weighted by Crippen LogP contribution is 2.25. The molecular formula is C26H16ClN3O4S2. The highest BCUT2D eigenvalue weighted by molar-refractivity contribution is 7.95. The predicted molar refractivity (Wildman–Crippen MR) is 141 cm³/mol. The average Bonchev–Trinajstić information content (AvgIpc) is 2.87. The monoisotopic (exact) mass is 533 g/mol. The van der Waals surface area contributed by atoms with Crippen LogP contribution in [0.1, 0.15) is 11.1 Å². The number of hydrogen-bond donors (Lipinski definition) is 1. The number of carbonyl (C=O) groups is 2. The number of anilines is 1. The largest absolute Gasteiger partial charge is 0.298 e. The van der Waals surface area contributed by atoms with Gasteiger partial charge in [0.1, 0.15) is 16.5 Å². The van der Waals surface area contributed by atoms with Gasteiger partial charge in [0.25, 0.3) is 11.8 Å². The van der Waals surface area contributed by atoms with Gasteiger partial charge in [-0.05, 0) is 71.9 Å². The zero-order chi connectivity index (χ0) is 25.9. The van der Waals surface area contributed by atoms with Crippen LogP contribution in [0.25, 0.3) is 12.2 Å². The molecule has 1 heterocycles. The molecule has 1 N–H and O–H groups in total.